The van der Waals surface area contributed by atoms with Gasteiger partial charge in [0.1, 0.15) is 11.0 Å². The van der Waals surface area contributed by atoms with E-state index in [2.05, 4.69) is 22.7 Å². The minimum Gasteiger partial charge on any atom is -0.352 e. The van der Waals surface area contributed by atoms with Crippen LogP contribution in [-0.4, -0.2) is 23.4 Å². The van der Waals surface area contributed by atoms with Crippen molar-refractivity contribution in [3.8, 4) is 12.3 Å². The van der Waals surface area contributed by atoms with Crippen molar-refractivity contribution in [3.63, 3.8) is 0 Å². The van der Waals surface area contributed by atoms with Crippen LogP contribution in [0.25, 0.3) is 0 Å². The van der Waals surface area contributed by atoms with Gasteiger partial charge in [0.05, 0.1) is 5.56 Å². The highest BCUT2D eigenvalue weighted by atomic mass is 35.5. The van der Waals surface area contributed by atoms with Crippen LogP contribution in [0, 0.1) is 18.3 Å². The summed E-state index contributed by atoms with van der Waals surface area (Å²) in [6.07, 6.45) is 6.39. The zero-order chi connectivity index (χ0) is 13.3. The van der Waals surface area contributed by atoms with E-state index in [1.807, 2.05) is 0 Å². The fraction of sp³-hybridized carbons (Fsp3) is 0.429. The Morgan fingerprint density at radius 3 is 2.89 bits per heavy atom. The molecule has 1 aromatic heterocycles. The Hall–Kier alpha value is -1.53. The molecule has 2 rings (SSSR count). The smallest absolute Gasteiger partial charge is 0.163 e. The average Bonchev–Trinajstić information content (AvgIpc) is 2.70. The van der Waals surface area contributed by atoms with Crippen molar-refractivity contribution in [3.05, 3.63) is 22.8 Å². The molecule has 0 N–H and O–H groups in total. The van der Waals surface area contributed by atoms with E-state index in [4.69, 9.17) is 18.0 Å². The molecule has 4 heteroatoms. The number of terminal acetylenes is 1. The molecule has 0 aromatic carbocycles. The van der Waals surface area contributed by atoms with Gasteiger partial charge in [0, 0.05) is 18.5 Å². The van der Waals surface area contributed by atoms with Crippen LogP contribution in [0.3, 0.4) is 0 Å². The van der Waals surface area contributed by atoms with Crippen molar-refractivity contribution in [1.82, 2.24) is 4.98 Å². The molecule has 1 aromatic rings. The number of nitrogens with zero attached hydrogens (tertiary/aromatic N) is 2. The second-order valence-electron chi connectivity index (χ2n) is 4.66. The molecule has 0 saturated carbocycles. The van der Waals surface area contributed by atoms with Crippen LogP contribution in [-0.2, 0) is 0 Å². The van der Waals surface area contributed by atoms with Gasteiger partial charge in [-0.2, -0.15) is 0 Å². The van der Waals surface area contributed by atoms with E-state index in [0.29, 0.717) is 16.5 Å². The molecule has 18 heavy (non-hydrogen) atoms. The molecule has 2 atom stereocenters. The normalized spacial score (nSPS) is 22.9. The Morgan fingerprint density at radius 2 is 2.33 bits per heavy atom. The topological polar surface area (TPSA) is 33.2 Å². The van der Waals surface area contributed by atoms with Gasteiger partial charge in [0.25, 0.3) is 0 Å². The number of carbonyl (C=O) groups is 1. The van der Waals surface area contributed by atoms with Crippen molar-refractivity contribution < 1.29 is 4.79 Å². The van der Waals surface area contributed by atoms with E-state index >= 15 is 0 Å². The van der Waals surface area contributed by atoms with E-state index < -0.39 is 0 Å². The number of ketones is 1. The largest absolute Gasteiger partial charge is 0.352 e. The molecule has 0 radical (unpaired) electrons. The van der Waals surface area contributed by atoms with Crippen LogP contribution in [0.15, 0.2) is 12.1 Å². The minimum absolute atomic E-state index is 0.00877. The zero-order valence-electron chi connectivity index (χ0n) is 10.5. The third-order valence-electron chi connectivity index (χ3n) is 3.30. The monoisotopic (exact) mass is 262 g/mol. The van der Waals surface area contributed by atoms with Crippen molar-refractivity contribution >= 4 is 23.2 Å². The maximum absolute atomic E-state index is 11.6. The Labute approximate surface area is 112 Å². The van der Waals surface area contributed by atoms with Crippen LogP contribution in [0.5, 0.6) is 0 Å². The lowest BCUT2D eigenvalue weighted by Crippen LogP contribution is -2.29. The molecule has 1 aliphatic rings. The van der Waals surface area contributed by atoms with Crippen LogP contribution in [0.2, 0.25) is 5.15 Å². The summed E-state index contributed by atoms with van der Waals surface area (Å²) in [4.78, 5) is 18.0. The molecule has 3 nitrogen and oxygen atoms in total. The Kier molecular flexibility index (Phi) is 3.58. The molecule has 0 bridgehead atoms. The molecule has 0 aliphatic carbocycles. The van der Waals surface area contributed by atoms with Crippen molar-refractivity contribution in [2.24, 2.45) is 5.92 Å². The highest BCUT2D eigenvalue weighted by Crippen LogP contribution is 2.30. The summed E-state index contributed by atoms with van der Waals surface area (Å²) in [5.74, 6) is 3.62. The third-order valence-corrected chi connectivity index (χ3v) is 3.51. The van der Waals surface area contributed by atoms with Crippen molar-refractivity contribution in [2.75, 3.05) is 11.4 Å². The van der Waals surface area contributed by atoms with E-state index in [1.165, 1.54) is 6.92 Å². The van der Waals surface area contributed by atoms with Crippen LogP contribution in [0.4, 0.5) is 5.82 Å². The summed E-state index contributed by atoms with van der Waals surface area (Å²) in [5, 5.41) is 0.395. The van der Waals surface area contributed by atoms with E-state index in [0.717, 1.165) is 13.0 Å². The quantitative estimate of drug-likeness (QED) is 0.467. The number of hydrogen-bond acceptors (Lipinski definition) is 3. The Morgan fingerprint density at radius 1 is 1.61 bits per heavy atom. The first-order valence-electron chi connectivity index (χ1n) is 5.93. The first-order valence-corrected chi connectivity index (χ1v) is 6.31. The van der Waals surface area contributed by atoms with Crippen LogP contribution >= 0.6 is 11.6 Å². The third kappa shape index (κ3) is 2.34. The van der Waals surface area contributed by atoms with Crippen molar-refractivity contribution in [2.45, 2.75) is 26.3 Å². The van der Waals surface area contributed by atoms with E-state index in [9.17, 15) is 4.79 Å². The molecule has 2 heterocycles. The van der Waals surface area contributed by atoms with Gasteiger partial charge in [-0.05, 0) is 32.4 Å². The summed E-state index contributed by atoms with van der Waals surface area (Å²) in [5.41, 5.74) is 0.601. The number of Topliss-reactive ketones (excluding diaryl/α,β-unsaturated/α-hetero) is 1. The zero-order valence-corrected chi connectivity index (χ0v) is 11.2. The second kappa shape index (κ2) is 4.99. The van der Waals surface area contributed by atoms with Crippen LogP contribution < -0.4 is 4.90 Å². The van der Waals surface area contributed by atoms with Gasteiger partial charge in [-0.15, -0.1) is 12.3 Å². The van der Waals surface area contributed by atoms with Gasteiger partial charge in [-0.1, -0.05) is 11.6 Å². The summed E-state index contributed by atoms with van der Waals surface area (Å²) in [6, 6.07) is 3.64. The fourth-order valence-corrected chi connectivity index (χ4v) is 2.51. The number of halogens is 1. The molecule has 1 saturated heterocycles. The van der Waals surface area contributed by atoms with Gasteiger partial charge in [-0.3, -0.25) is 4.79 Å². The Balaban J connectivity index is 2.41. The summed E-state index contributed by atoms with van der Waals surface area (Å²) < 4.78 is 0. The maximum atomic E-state index is 11.6. The lowest BCUT2D eigenvalue weighted by atomic mass is 10.1. The number of hydrogen-bond donors (Lipinski definition) is 0. The number of anilines is 1. The molecule has 94 valence electrons. The van der Waals surface area contributed by atoms with Crippen molar-refractivity contribution in [1.29, 1.82) is 0 Å². The van der Waals surface area contributed by atoms with Crippen LogP contribution in [0.1, 0.15) is 30.6 Å². The Bertz CT molecular complexity index is 521. The number of pyridine rings is 1. The lowest BCUT2D eigenvalue weighted by Gasteiger charge is -2.24. The number of aromatic nitrogens is 1. The SMILES string of the molecule is C#CC1CC(C)N(c2nc(Cl)ccc2C(C)=O)C1. The standard InChI is InChI=1S/C14H15ClN2O/c1-4-11-7-9(2)17(8-11)14-12(10(3)18)5-6-13(15)16-14/h1,5-6,9,11H,7-8H2,2-3H3. The van der Waals surface area contributed by atoms with Gasteiger partial charge >= 0.3 is 0 Å². The first kappa shape index (κ1) is 12.9. The van der Waals surface area contributed by atoms with Gasteiger partial charge < -0.3 is 4.90 Å². The minimum atomic E-state index is -0.00877. The maximum Gasteiger partial charge on any atom is 0.163 e. The summed E-state index contributed by atoms with van der Waals surface area (Å²) in [6.45, 7) is 4.35. The highest BCUT2D eigenvalue weighted by Gasteiger charge is 2.30. The van der Waals surface area contributed by atoms with Gasteiger partial charge in [0.2, 0.25) is 0 Å². The molecule has 2 unspecified atom stereocenters. The fourth-order valence-electron chi connectivity index (χ4n) is 2.37. The summed E-state index contributed by atoms with van der Waals surface area (Å²) >= 11 is 5.93. The molecule has 0 spiro atoms. The predicted octanol–water partition coefficient (Wildman–Crippen LogP) is 2.79. The first-order chi connectivity index (χ1) is 8.52. The van der Waals surface area contributed by atoms with E-state index in [1.54, 1.807) is 12.1 Å². The molecule has 1 aliphatic heterocycles. The van der Waals surface area contributed by atoms with E-state index in [-0.39, 0.29) is 17.7 Å². The number of carbonyl (C=O) groups excluding carboxylic acids is 1. The summed E-state index contributed by atoms with van der Waals surface area (Å²) in [7, 11) is 0. The lowest BCUT2D eigenvalue weighted by molar-refractivity contribution is 0.101. The average molecular weight is 263 g/mol. The number of rotatable bonds is 2. The van der Waals surface area contributed by atoms with Gasteiger partial charge in [-0.25, -0.2) is 4.98 Å². The predicted molar refractivity (Wildman–Crippen MR) is 73.0 cm³/mol. The van der Waals surface area contributed by atoms with Gasteiger partial charge in [0.15, 0.2) is 5.78 Å². The highest BCUT2D eigenvalue weighted by molar-refractivity contribution is 6.29. The second-order valence-corrected chi connectivity index (χ2v) is 5.05. The molecular formula is C14H15ClN2O. The molecule has 1 fully saturated rings. The molecular weight excluding hydrogens is 248 g/mol. The molecule has 0 amide bonds.